The highest BCUT2D eigenvalue weighted by Crippen LogP contribution is 2.39. The van der Waals surface area contributed by atoms with Gasteiger partial charge in [-0.05, 0) is 25.0 Å². The van der Waals surface area contributed by atoms with E-state index in [-0.39, 0.29) is 11.3 Å². The summed E-state index contributed by atoms with van der Waals surface area (Å²) in [6.07, 6.45) is 0. The Hall–Kier alpha value is -2.34. The third kappa shape index (κ3) is 2.07. The van der Waals surface area contributed by atoms with Gasteiger partial charge < -0.3 is 9.84 Å². The van der Waals surface area contributed by atoms with Crippen molar-refractivity contribution in [3.05, 3.63) is 40.2 Å². The molecule has 0 aliphatic heterocycles. The maximum atomic E-state index is 12.8. The van der Waals surface area contributed by atoms with Crippen LogP contribution in [0.1, 0.15) is 12.5 Å². The van der Waals surface area contributed by atoms with Crippen molar-refractivity contribution in [1.82, 2.24) is 9.55 Å². The van der Waals surface area contributed by atoms with E-state index in [0.29, 0.717) is 27.6 Å². The van der Waals surface area contributed by atoms with Gasteiger partial charge in [0.15, 0.2) is 5.65 Å². The third-order valence-corrected chi connectivity index (χ3v) is 4.67. The molecule has 0 radical (unpaired) electrons. The van der Waals surface area contributed by atoms with Crippen molar-refractivity contribution in [1.29, 1.82) is 0 Å². The topological polar surface area (TPSA) is 64.4 Å². The predicted molar refractivity (Wildman–Crippen MR) is 87.9 cm³/mol. The maximum absolute atomic E-state index is 12.8. The number of thiazole rings is 1. The van der Waals surface area contributed by atoms with Crippen LogP contribution in [-0.2, 0) is 6.54 Å². The SMILES string of the molecule is CCn1c(=O)c(-c2ccccc2C)c(O)c2sc(OC)nc21. The van der Waals surface area contributed by atoms with E-state index >= 15 is 0 Å². The first kappa shape index (κ1) is 14.6. The first-order chi connectivity index (χ1) is 10.6. The second kappa shape index (κ2) is 5.46. The van der Waals surface area contributed by atoms with E-state index in [2.05, 4.69) is 4.98 Å². The molecule has 0 atom stereocenters. The normalized spacial score (nSPS) is 11.0. The molecule has 0 fully saturated rings. The third-order valence-electron chi connectivity index (χ3n) is 3.66. The van der Waals surface area contributed by atoms with Crippen LogP contribution in [0.15, 0.2) is 29.1 Å². The van der Waals surface area contributed by atoms with E-state index in [1.807, 2.05) is 38.1 Å². The molecule has 0 amide bonds. The monoisotopic (exact) mass is 316 g/mol. The molecule has 2 heterocycles. The minimum Gasteiger partial charge on any atom is -0.505 e. The van der Waals surface area contributed by atoms with Gasteiger partial charge >= 0.3 is 0 Å². The van der Waals surface area contributed by atoms with Gasteiger partial charge in [-0.15, -0.1) is 0 Å². The summed E-state index contributed by atoms with van der Waals surface area (Å²) in [5.41, 5.74) is 2.22. The Morgan fingerprint density at radius 1 is 1.36 bits per heavy atom. The average molecular weight is 316 g/mol. The Bertz CT molecular complexity index is 912. The highest BCUT2D eigenvalue weighted by molar-refractivity contribution is 7.20. The molecule has 6 heteroatoms. The zero-order valence-electron chi connectivity index (χ0n) is 12.6. The van der Waals surface area contributed by atoms with Crippen molar-refractivity contribution in [3.8, 4) is 22.1 Å². The highest BCUT2D eigenvalue weighted by Gasteiger charge is 2.21. The molecule has 114 valence electrons. The number of aromatic hydroxyl groups is 1. The van der Waals surface area contributed by atoms with Crippen LogP contribution in [0.25, 0.3) is 21.5 Å². The van der Waals surface area contributed by atoms with Crippen LogP contribution in [0, 0.1) is 6.92 Å². The minimum atomic E-state index is -0.241. The summed E-state index contributed by atoms with van der Waals surface area (Å²) in [5.74, 6) is -0.0280. The van der Waals surface area contributed by atoms with Gasteiger partial charge in [-0.1, -0.05) is 35.6 Å². The van der Waals surface area contributed by atoms with Gasteiger partial charge in [-0.2, -0.15) is 4.98 Å². The minimum absolute atomic E-state index is 0.0280. The quantitative estimate of drug-likeness (QED) is 0.806. The molecular weight excluding hydrogens is 300 g/mol. The lowest BCUT2D eigenvalue weighted by atomic mass is 10.0. The molecule has 2 aromatic heterocycles. The fraction of sp³-hybridized carbons (Fsp3) is 0.250. The number of benzene rings is 1. The van der Waals surface area contributed by atoms with Crippen LogP contribution < -0.4 is 10.3 Å². The highest BCUT2D eigenvalue weighted by atomic mass is 32.1. The lowest BCUT2D eigenvalue weighted by molar-refractivity contribution is 0.412. The van der Waals surface area contributed by atoms with Gasteiger partial charge in [0.25, 0.3) is 10.8 Å². The Morgan fingerprint density at radius 3 is 2.73 bits per heavy atom. The Morgan fingerprint density at radius 2 is 2.09 bits per heavy atom. The molecule has 0 saturated carbocycles. The molecule has 0 spiro atoms. The molecule has 0 unspecified atom stereocenters. The summed E-state index contributed by atoms with van der Waals surface area (Å²) in [4.78, 5) is 17.1. The van der Waals surface area contributed by atoms with Crippen LogP contribution in [0.2, 0.25) is 0 Å². The summed E-state index contributed by atoms with van der Waals surface area (Å²) in [6, 6.07) is 7.52. The van der Waals surface area contributed by atoms with Crippen LogP contribution in [-0.4, -0.2) is 21.8 Å². The summed E-state index contributed by atoms with van der Waals surface area (Å²) < 4.78 is 7.28. The molecule has 3 rings (SSSR count). The standard InChI is InChI=1S/C16H16N2O3S/c1-4-18-14-13(22-16(17-14)21-3)12(19)11(15(18)20)10-8-6-5-7-9(10)2/h5-8,19H,4H2,1-3H3. The molecule has 0 aliphatic rings. The van der Waals surface area contributed by atoms with E-state index in [4.69, 9.17) is 4.74 Å². The van der Waals surface area contributed by atoms with Crippen LogP contribution in [0.3, 0.4) is 0 Å². The first-order valence-electron chi connectivity index (χ1n) is 6.94. The predicted octanol–water partition coefficient (Wildman–Crippen LogP) is 3.17. The Balaban J connectivity index is 2.46. The van der Waals surface area contributed by atoms with Crippen molar-refractivity contribution in [2.45, 2.75) is 20.4 Å². The van der Waals surface area contributed by atoms with Crippen LogP contribution in [0.5, 0.6) is 10.9 Å². The average Bonchev–Trinajstić information content (AvgIpc) is 2.94. The van der Waals surface area contributed by atoms with E-state index in [1.165, 1.54) is 18.4 Å². The second-order valence-electron chi connectivity index (χ2n) is 4.92. The molecule has 1 aromatic carbocycles. The lowest BCUT2D eigenvalue weighted by Crippen LogP contribution is -2.21. The number of methoxy groups -OCH3 is 1. The molecule has 0 bridgehead atoms. The number of hydrogen-bond donors (Lipinski definition) is 1. The van der Waals surface area contributed by atoms with E-state index in [9.17, 15) is 9.90 Å². The van der Waals surface area contributed by atoms with Crippen LogP contribution in [0.4, 0.5) is 0 Å². The molecule has 1 N–H and O–H groups in total. The number of aromatic nitrogens is 2. The smallest absolute Gasteiger partial charge is 0.275 e. The van der Waals surface area contributed by atoms with Gasteiger partial charge in [-0.25, -0.2) is 0 Å². The van der Waals surface area contributed by atoms with Crippen molar-refractivity contribution >= 4 is 21.7 Å². The zero-order chi connectivity index (χ0) is 15.9. The van der Waals surface area contributed by atoms with Gasteiger partial charge in [0.1, 0.15) is 10.4 Å². The fourth-order valence-corrected chi connectivity index (χ4v) is 3.39. The van der Waals surface area contributed by atoms with Crippen molar-refractivity contribution < 1.29 is 9.84 Å². The molecule has 0 aliphatic carbocycles. The largest absolute Gasteiger partial charge is 0.505 e. The zero-order valence-corrected chi connectivity index (χ0v) is 13.4. The Kier molecular flexibility index (Phi) is 3.62. The number of rotatable bonds is 3. The van der Waals surface area contributed by atoms with Crippen molar-refractivity contribution in [3.63, 3.8) is 0 Å². The van der Waals surface area contributed by atoms with Crippen molar-refractivity contribution in [2.24, 2.45) is 0 Å². The van der Waals surface area contributed by atoms with Gasteiger partial charge in [-0.3, -0.25) is 9.36 Å². The lowest BCUT2D eigenvalue weighted by Gasteiger charge is -2.11. The number of aryl methyl sites for hydroxylation is 2. The Labute approximate surface area is 131 Å². The number of hydrogen-bond acceptors (Lipinski definition) is 5. The second-order valence-corrected chi connectivity index (χ2v) is 5.89. The first-order valence-corrected chi connectivity index (χ1v) is 7.76. The molecule has 22 heavy (non-hydrogen) atoms. The molecule has 3 aromatic rings. The summed E-state index contributed by atoms with van der Waals surface area (Å²) in [6.45, 7) is 4.27. The summed E-state index contributed by atoms with van der Waals surface area (Å²) >= 11 is 1.23. The van der Waals surface area contributed by atoms with Gasteiger partial charge in [0.2, 0.25) is 0 Å². The number of fused-ring (bicyclic) bond motifs is 1. The summed E-state index contributed by atoms with van der Waals surface area (Å²) in [7, 11) is 1.52. The molecular formula is C16H16N2O3S. The number of ether oxygens (including phenoxy) is 1. The van der Waals surface area contributed by atoms with Crippen molar-refractivity contribution in [2.75, 3.05) is 7.11 Å². The van der Waals surface area contributed by atoms with E-state index in [0.717, 1.165) is 11.1 Å². The maximum Gasteiger partial charge on any atom is 0.275 e. The van der Waals surface area contributed by atoms with Crippen LogP contribution >= 0.6 is 11.3 Å². The van der Waals surface area contributed by atoms with E-state index < -0.39 is 0 Å². The number of pyridine rings is 1. The molecule has 0 saturated heterocycles. The van der Waals surface area contributed by atoms with E-state index in [1.54, 1.807) is 4.57 Å². The number of nitrogens with zero attached hydrogens (tertiary/aromatic N) is 2. The van der Waals surface area contributed by atoms with Gasteiger partial charge in [0.05, 0.1) is 12.7 Å². The van der Waals surface area contributed by atoms with Gasteiger partial charge in [0, 0.05) is 6.54 Å². The summed E-state index contributed by atoms with van der Waals surface area (Å²) in [5, 5.41) is 11.1. The fourth-order valence-electron chi connectivity index (χ4n) is 2.55. The molecule has 5 nitrogen and oxygen atoms in total.